The Morgan fingerprint density at radius 1 is 1.00 bits per heavy atom. The lowest BCUT2D eigenvalue weighted by atomic mass is 10.0. The lowest BCUT2D eigenvalue weighted by molar-refractivity contribution is 0.0774. The van der Waals surface area contributed by atoms with Crippen molar-refractivity contribution < 1.29 is 14.3 Å². The van der Waals surface area contributed by atoms with E-state index in [4.69, 9.17) is 9.47 Å². The number of methoxy groups -OCH3 is 1. The SMILES string of the molecule is COc1cc2c(cc1OCCCCn1c(=O)nc(-c3ccccc3)c3cc(C)ccc31)N=C[C@@H]1CCCN1C2=O. The Bertz CT molecular complexity index is 1660. The monoisotopic (exact) mass is 536 g/mol. The van der Waals surface area contributed by atoms with Gasteiger partial charge in [0.1, 0.15) is 0 Å². The predicted molar refractivity (Wildman–Crippen MR) is 156 cm³/mol. The number of aliphatic imine (C=N–C) groups is 1. The molecule has 3 heterocycles. The van der Waals surface area contributed by atoms with Crippen molar-refractivity contribution in [2.24, 2.45) is 4.99 Å². The molecule has 6 rings (SSSR count). The maximum Gasteiger partial charge on any atom is 0.348 e. The molecule has 2 aliphatic heterocycles. The van der Waals surface area contributed by atoms with Crippen molar-refractivity contribution in [2.75, 3.05) is 20.3 Å². The molecule has 0 aliphatic carbocycles. The minimum atomic E-state index is -0.258. The summed E-state index contributed by atoms with van der Waals surface area (Å²) in [7, 11) is 1.57. The normalized spacial score (nSPS) is 16.1. The maximum atomic E-state index is 13.1. The number of hydrogen-bond acceptors (Lipinski definition) is 6. The summed E-state index contributed by atoms with van der Waals surface area (Å²) in [6.07, 6.45) is 5.25. The van der Waals surface area contributed by atoms with Gasteiger partial charge in [-0.05, 0) is 50.8 Å². The third-order valence-electron chi connectivity index (χ3n) is 7.68. The molecule has 0 N–H and O–H groups in total. The molecular weight excluding hydrogens is 504 g/mol. The highest BCUT2D eigenvalue weighted by molar-refractivity contribution is 6.03. The van der Waals surface area contributed by atoms with E-state index in [2.05, 4.69) is 16.0 Å². The summed E-state index contributed by atoms with van der Waals surface area (Å²) in [5.41, 5.74) is 4.52. The fourth-order valence-electron chi connectivity index (χ4n) is 5.60. The Balaban J connectivity index is 1.16. The zero-order valence-corrected chi connectivity index (χ0v) is 22.8. The van der Waals surface area contributed by atoms with Crippen molar-refractivity contribution >= 4 is 28.7 Å². The number of carbonyl (C=O) groups excluding carboxylic acids is 1. The lowest BCUT2D eigenvalue weighted by Gasteiger charge is -2.20. The minimum absolute atomic E-state index is 0.0143. The molecule has 3 aromatic carbocycles. The first kappa shape index (κ1) is 25.8. The second kappa shape index (κ2) is 11.0. The molecule has 1 saturated heterocycles. The summed E-state index contributed by atoms with van der Waals surface area (Å²) >= 11 is 0. The number of nitrogens with zero attached hydrogens (tertiary/aromatic N) is 4. The van der Waals surface area contributed by atoms with Gasteiger partial charge >= 0.3 is 5.69 Å². The van der Waals surface area contributed by atoms with Crippen molar-refractivity contribution in [1.82, 2.24) is 14.5 Å². The van der Waals surface area contributed by atoms with E-state index in [0.717, 1.165) is 54.3 Å². The van der Waals surface area contributed by atoms with E-state index < -0.39 is 0 Å². The van der Waals surface area contributed by atoms with Crippen molar-refractivity contribution in [3.8, 4) is 22.8 Å². The molecule has 8 nitrogen and oxygen atoms in total. The van der Waals surface area contributed by atoms with Gasteiger partial charge < -0.3 is 14.4 Å². The van der Waals surface area contributed by atoms with E-state index in [0.29, 0.717) is 41.6 Å². The van der Waals surface area contributed by atoms with Crippen LogP contribution in [0.1, 0.15) is 41.6 Å². The highest BCUT2D eigenvalue weighted by atomic mass is 16.5. The number of ether oxygens (including phenoxy) is 2. The van der Waals surface area contributed by atoms with Crippen LogP contribution in [0.3, 0.4) is 0 Å². The Hall–Kier alpha value is -4.46. The Labute approximate surface area is 232 Å². The second-order valence-corrected chi connectivity index (χ2v) is 10.3. The summed E-state index contributed by atoms with van der Waals surface area (Å²) in [6.45, 7) is 3.75. The van der Waals surface area contributed by atoms with Gasteiger partial charge in [-0.3, -0.25) is 14.4 Å². The number of rotatable bonds is 8. The van der Waals surface area contributed by atoms with E-state index in [1.54, 1.807) is 23.8 Å². The second-order valence-electron chi connectivity index (χ2n) is 10.3. The van der Waals surface area contributed by atoms with Crippen LogP contribution >= 0.6 is 0 Å². The fourth-order valence-corrected chi connectivity index (χ4v) is 5.60. The summed E-state index contributed by atoms with van der Waals surface area (Å²) in [4.78, 5) is 37.1. The smallest absolute Gasteiger partial charge is 0.348 e. The standard InChI is InChI=1S/C32H32N4O4/c1-21-12-13-27-25(17-21)30(22-9-4-3-5-10-22)34-32(38)36(27)14-6-7-16-40-29-19-26-24(18-28(29)39-2)31(37)35-15-8-11-23(35)20-33-26/h3-5,9-10,12-13,17-20,23H,6-8,11,14-16H2,1-2H3/t23-/m0/s1. The van der Waals surface area contributed by atoms with Crippen molar-refractivity contribution in [3.05, 3.63) is 82.3 Å². The van der Waals surface area contributed by atoms with E-state index in [-0.39, 0.29) is 17.6 Å². The Morgan fingerprint density at radius 3 is 2.67 bits per heavy atom. The minimum Gasteiger partial charge on any atom is -0.493 e. The van der Waals surface area contributed by atoms with Crippen molar-refractivity contribution in [2.45, 2.75) is 45.2 Å². The van der Waals surface area contributed by atoms with E-state index in [1.807, 2.05) is 60.5 Å². The van der Waals surface area contributed by atoms with Crippen LogP contribution in [0.25, 0.3) is 22.2 Å². The first-order valence-corrected chi connectivity index (χ1v) is 13.8. The fraction of sp³-hybridized carbons (Fsp3) is 0.312. The number of hydrogen-bond donors (Lipinski definition) is 0. The maximum absolute atomic E-state index is 13.1. The summed E-state index contributed by atoms with van der Waals surface area (Å²) in [5, 5.41) is 0.965. The molecule has 0 radical (unpaired) electrons. The number of fused-ring (bicyclic) bond motifs is 3. The molecule has 1 atom stereocenters. The summed E-state index contributed by atoms with van der Waals surface area (Å²) in [5.74, 6) is 1.05. The average molecular weight is 537 g/mol. The van der Waals surface area contributed by atoms with Gasteiger partial charge in [-0.15, -0.1) is 0 Å². The third-order valence-corrected chi connectivity index (χ3v) is 7.68. The number of aromatic nitrogens is 2. The molecule has 1 amide bonds. The number of unbranched alkanes of at least 4 members (excludes halogenated alkanes) is 1. The molecule has 0 unspecified atom stereocenters. The molecule has 40 heavy (non-hydrogen) atoms. The van der Waals surface area contributed by atoms with Gasteiger partial charge in [0.05, 0.1) is 42.2 Å². The van der Waals surface area contributed by atoms with Crippen LogP contribution in [0.5, 0.6) is 11.5 Å². The molecular formula is C32H32N4O4. The van der Waals surface area contributed by atoms with Crippen LogP contribution in [-0.4, -0.2) is 52.9 Å². The van der Waals surface area contributed by atoms with Crippen LogP contribution in [0.4, 0.5) is 5.69 Å². The number of amides is 1. The topological polar surface area (TPSA) is 86.0 Å². The number of carbonyl (C=O) groups is 1. The van der Waals surface area contributed by atoms with Crippen LogP contribution in [0.15, 0.2) is 70.5 Å². The molecule has 0 bridgehead atoms. The quantitative estimate of drug-likeness (QED) is 0.275. The van der Waals surface area contributed by atoms with E-state index >= 15 is 0 Å². The van der Waals surface area contributed by atoms with E-state index in [9.17, 15) is 9.59 Å². The van der Waals surface area contributed by atoms with Crippen LogP contribution in [0.2, 0.25) is 0 Å². The molecule has 0 spiro atoms. The molecule has 8 heteroatoms. The van der Waals surface area contributed by atoms with E-state index in [1.165, 1.54) is 0 Å². The Kier molecular flexibility index (Phi) is 7.07. The van der Waals surface area contributed by atoms with Gasteiger partial charge in [0.15, 0.2) is 11.5 Å². The largest absolute Gasteiger partial charge is 0.493 e. The van der Waals surface area contributed by atoms with Gasteiger partial charge in [-0.1, -0.05) is 42.0 Å². The number of aryl methyl sites for hydroxylation is 2. The molecule has 204 valence electrons. The van der Waals surface area contributed by atoms with Crippen molar-refractivity contribution in [1.29, 1.82) is 0 Å². The van der Waals surface area contributed by atoms with Crippen LogP contribution < -0.4 is 15.2 Å². The zero-order chi connectivity index (χ0) is 27.6. The highest BCUT2D eigenvalue weighted by Gasteiger charge is 2.32. The van der Waals surface area contributed by atoms with Crippen LogP contribution in [-0.2, 0) is 6.54 Å². The number of benzene rings is 3. The van der Waals surface area contributed by atoms with Gasteiger partial charge in [-0.25, -0.2) is 4.79 Å². The molecule has 2 aliphatic rings. The van der Waals surface area contributed by atoms with Gasteiger partial charge in [0.2, 0.25) is 0 Å². The first-order chi connectivity index (χ1) is 19.5. The summed E-state index contributed by atoms with van der Waals surface area (Å²) in [6, 6.07) is 19.5. The molecule has 0 saturated carbocycles. The molecule has 4 aromatic rings. The molecule has 1 fully saturated rings. The van der Waals surface area contributed by atoms with Gasteiger partial charge in [-0.2, -0.15) is 4.98 Å². The third kappa shape index (κ3) is 4.85. The lowest BCUT2D eigenvalue weighted by Crippen LogP contribution is -2.35. The first-order valence-electron chi connectivity index (χ1n) is 13.8. The highest BCUT2D eigenvalue weighted by Crippen LogP contribution is 2.38. The van der Waals surface area contributed by atoms with Crippen LogP contribution in [0, 0.1) is 6.92 Å². The average Bonchev–Trinajstić information content (AvgIpc) is 3.41. The predicted octanol–water partition coefficient (Wildman–Crippen LogP) is 5.56. The van der Waals surface area contributed by atoms with Gasteiger partial charge in [0, 0.05) is 36.3 Å². The van der Waals surface area contributed by atoms with Crippen molar-refractivity contribution in [3.63, 3.8) is 0 Å². The van der Waals surface area contributed by atoms with Gasteiger partial charge in [0.25, 0.3) is 5.91 Å². The Morgan fingerprint density at radius 2 is 1.85 bits per heavy atom. The zero-order valence-electron chi connectivity index (χ0n) is 22.8. The summed E-state index contributed by atoms with van der Waals surface area (Å²) < 4.78 is 13.4. The molecule has 1 aromatic heterocycles.